The minimum absolute atomic E-state index is 0.518. The second kappa shape index (κ2) is 6.33. The second-order valence-corrected chi connectivity index (χ2v) is 7.63. The van der Waals surface area contributed by atoms with Crippen LogP contribution < -0.4 is 5.32 Å². The van der Waals surface area contributed by atoms with E-state index < -0.39 is 0 Å². The molecule has 0 aromatic carbocycles. The summed E-state index contributed by atoms with van der Waals surface area (Å²) in [5.41, 5.74) is 0.518. The smallest absolute Gasteiger partial charge is 0.0707 e. The lowest BCUT2D eigenvalue weighted by Gasteiger charge is -2.45. The number of hydrogen-bond acceptors (Lipinski definition) is 3. The molecule has 0 radical (unpaired) electrons. The highest BCUT2D eigenvalue weighted by atomic mass is 16.5. The first-order chi connectivity index (χ1) is 9.69. The van der Waals surface area contributed by atoms with Crippen LogP contribution in [0.25, 0.3) is 0 Å². The van der Waals surface area contributed by atoms with Gasteiger partial charge >= 0.3 is 0 Å². The molecule has 4 unspecified atom stereocenters. The summed E-state index contributed by atoms with van der Waals surface area (Å²) in [6.07, 6.45) is 9.32. The Bertz CT molecular complexity index is 310. The molecule has 3 fully saturated rings. The van der Waals surface area contributed by atoms with Gasteiger partial charge < -0.3 is 10.1 Å². The van der Waals surface area contributed by atoms with Gasteiger partial charge in [-0.1, -0.05) is 26.7 Å². The van der Waals surface area contributed by atoms with E-state index in [-0.39, 0.29) is 0 Å². The maximum Gasteiger partial charge on any atom is 0.0707 e. The molecule has 3 rings (SSSR count). The summed E-state index contributed by atoms with van der Waals surface area (Å²) in [4.78, 5) is 2.72. The van der Waals surface area contributed by atoms with Crippen LogP contribution in [0.1, 0.15) is 52.4 Å². The van der Waals surface area contributed by atoms with Crippen LogP contribution in [-0.2, 0) is 4.74 Å². The number of nitrogens with one attached hydrogen (secondary N) is 1. The van der Waals surface area contributed by atoms with E-state index in [9.17, 15) is 0 Å². The highest BCUT2D eigenvalue weighted by Gasteiger charge is 2.40. The number of morpholine rings is 1. The molecular weight excluding hydrogens is 248 g/mol. The molecular formula is C17H32N2O. The first-order valence-corrected chi connectivity index (χ1v) is 8.78. The van der Waals surface area contributed by atoms with Gasteiger partial charge in [-0.15, -0.1) is 0 Å². The van der Waals surface area contributed by atoms with Gasteiger partial charge in [-0.05, 0) is 43.6 Å². The van der Waals surface area contributed by atoms with Crippen molar-refractivity contribution in [3.63, 3.8) is 0 Å². The zero-order valence-electron chi connectivity index (χ0n) is 13.4. The van der Waals surface area contributed by atoms with Crippen molar-refractivity contribution in [3.8, 4) is 0 Å². The van der Waals surface area contributed by atoms with Crippen molar-refractivity contribution in [2.24, 2.45) is 11.3 Å². The Labute approximate surface area is 124 Å². The average Bonchev–Trinajstić information content (AvgIpc) is 2.76. The molecule has 0 aromatic heterocycles. The van der Waals surface area contributed by atoms with E-state index in [0.717, 1.165) is 12.5 Å². The zero-order chi connectivity index (χ0) is 14.0. The molecule has 0 amide bonds. The predicted octanol–water partition coefficient (Wildman–Crippen LogP) is 2.66. The van der Waals surface area contributed by atoms with Gasteiger partial charge in [0.1, 0.15) is 0 Å². The molecule has 1 N–H and O–H groups in total. The summed E-state index contributed by atoms with van der Waals surface area (Å²) >= 11 is 0. The molecule has 3 aliphatic rings. The third kappa shape index (κ3) is 3.37. The molecule has 2 saturated heterocycles. The zero-order valence-corrected chi connectivity index (χ0v) is 13.4. The summed E-state index contributed by atoms with van der Waals surface area (Å²) in [5, 5.41) is 3.65. The van der Waals surface area contributed by atoms with Crippen LogP contribution in [0.15, 0.2) is 0 Å². The molecule has 3 heteroatoms. The highest BCUT2D eigenvalue weighted by Crippen LogP contribution is 2.40. The Morgan fingerprint density at radius 1 is 1.20 bits per heavy atom. The van der Waals surface area contributed by atoms with E-state index in [4.69, 9.17) is 4.74 Å². The molecule has 4 atom stereocenters. The first-order valence-electron chi connectivity index (χ1n) is 8.78. The fraction of sp³-hybridized carbons (Fsp3) is 1.00. The lowest BCUT2D eigenvalue weighted by Crippen LogP contribution is -2.51. The van der Waals surface area contributed by atoms with Crippen molar-refractivity contribution in [3.05, 3.63) is 0 Å². The van der Waals surface area contributed by atoms with Crippen molar-refractivity contribution in [2.45, 2.75) is 64.6 Å². The number of rotatable bonds is 5. The maximum absolute atomic E-state index is 5.99. The normalized spacial score (nSPS) is 42.0. The molecule has 1 saturated carbocycles. The van der Waals surface area contributed by atoms with Gasteiger partial charge in [0, 0.05) is 26.2 Å². The lowest BCUT2D eigenvalue weighted by molar-refractivity contribution is -0.0561. The van der Waals surface area contributed by atoms with Gasteiger partial charge in [-0.3, -0.25) is 4.90 Å². The van der Waals surface area contributed by atoms with Gasteiger partial charge in [-0.2, -0.15) is 0 Å². The van der Waals surface area contributed by atoms with Crippen LogP contribution in [-0.4, -0.2) is 49.8 Å². The van der Waals surface area contributed by atoms with Crippen LogP contribution in [0.2, 0.25) is 0 Å². The number of hydrogen-bond donors (Lipinski definition) is 1. The van der Waals surface area contributed by atoms with Crippen molar-refractivity contribution in [2.75, 3.05) is 32.7 Å². The molecule has 2 aliphatic heterocycles. The maximum atomic E-state index is 5.99. The standard InChI is InChI=1S/C17H32N2O/c1-3-18-12-17(8-4-5-14(2)9-17)13-19-10-15-6-7-16(11-19)20-15/h14-16,18H,3-13H2,1-2H3. The van der Waals surface area contributed by atoms with E-state index in [1.165, 1.54) is 64.7 Å². The molecule has 1 aliphatic carbocycles. The monoisotopic (exact) mass is 280 g/mol. The van der Waals surface area contributed by atoms with E-state index in [2.05, 4.69) is 24.1 Å². The van der Waals surface area contributed by atoms with Crippen LogP contribution >= 0.6 is 0 Å². The Balaban J connectivity index is 1.63. The first kappa shape index (κ1) is 14.8. The van der Waals surface area contributed by atoms with Gasteiger partial charge in [-0.25, -0.2) is 0 Å². The highest BCUT2D eigenvalue weighted by molar-refractivity contribution is 4.93. The minimum atomic E-state index is 0.518. The van der Waals surface area contributed by atoms with E-state index >= 15 is 0 Å². The van der Waals surface area contributed by atoms with Crippen LogP contribution in [0.5, 0.6) is 0 Å². The Hall–Kier alpha value is -0.120. The lowest BCUT2D eigenvalue weighted by atomic mass is 9.69. The third-order valence-electron chi connectivity index (χ3n) is 5.61. The summed E-state index contributed by atoms with van der Waals surface area (Å²) in [5.74, 6) is 0.903. The fourth-order valence-corrected chi connectivity index (χ4v) is 4.82. The van der Waals surface area contributed by atoms with Crippen molar-refractivity contribution in [1.82, 2.24) is 10.2 Å². The number of likely N-dealkylation sites (tertiary alicyclic amines) is 1. The van der Waals surface area contributed by atoms with Gasteiger partial charge in [0.05, 0.1) is 12.2 Å². The van der Waals surface area contributed by atoms with Crippen molar-refractivity contribution >= 4 is 0 Å². The third-order valence-corrected chi connectivity index (χ3v) is 5.61. The predicted molar refractivity (Wildman–Crippen MR) is 82.9 cm³/mol. The topological polar surface area (TPSA) is 24.5 Å². The molecule has 2 heterocycles. The largest absolute Gasteiger partial charge is 0.372 e. The average molecular weight is 280 g/mol. The van der Waals surface area contributed by atoms with Crippen molar-refractivity contribution < 1.29 is 4.74 Å². The Morgan fingerprint density at radius 2 is 1.95 bits per heavy atom. The summed E-state index contributed by atoms with van der Waals surface area (Å²) in [7, 11) is 0. The fourth-order valence-electron chi connectivity index (χ4n) is 4.82. The van der Waals surface area contributed by atoms with Crippen LogP contribution in [0, 0.1) is 11.3 Å². The molecule has 116 valence electrons. The van der Waals surface area contributed by atoms with Crippen molar-refractivity contribution in [1.29, 1.82) is 0 Å². The van der Waals surface area contributed by atoms with Crippen LogP contribution in [0.3, 0.4) is 0 Å². The summed E-state index contributed by atoms with van der Waals surface area (Å²) in [6, 6.07) is 0. The molecule has 0 aromatic rings. The van der Waals surface area contributed by atoms with E-state index in [0.29, 0.717) is 17.6 Å². The number of ether oxygens (including phenoxy) is 1. The van der Waals surface area contributed by atoms with Gasteiger partial charge in [0.2, 0.25) is 0 Å². The summed E-state index contributed by atoms with van der Waals surface area (Å²) in [6.45, 7) is 10.6. The molecule has 3 nitrogen and oxygen atoms in total. The number of nitrogens with zero attached hydrogens (tertiary/aromatic N) is 1. The SMILES string of the molecule is CCNCC1(CN2CC3CCC(C2)O3)CCCC(C)C1. The Morgan fingerprint density at radius 3 is 2.60 bits per heavy atom. The van der Waals surface area contributed by atoms with Crippen LogP contribution in [0.4, 0.5) is 0 Å². The van der Waals surface area contributed by atoms with E-state index in [1.54, 1.807) is 0 Å². The van der Waals surface area contributed by atoms with Gasteiger partial charge in [0.25, 0.3) is 0 Å². The number of fused-ring (bicyclic) bond motifs is 2. The molecule has 2 bridgehead atoms. The molecule has 0 spiro atoms. The second-order valence-electron chi connectivity index (χ2n) is 7.63. The van der Waals surface area contributed by atoms with Gasteiger partial charge in [0.15, 0.2) is 0 Å². The quantitative estimate of drug-likeness (QED) is 0.838. The summed E-state index contributed by atoms with van der Waals surface area (Å²) < 4.78 is 5.99. The minimum Gasteiger partial charge on any atom is -0.372 e. The Kier molecular flexibility index (Phi) is 4.68. The van der Waals surface area contributed by atoms with E-state index in [1.807, 2.05) is 0 Å². The molecule has 20 heavy (non-hydrogen) atoms.